The molecule has 0 aliphatic heterocycles. The van der Waals surface area contributed by atoms with E-state index in [1.807, 2.05) is 0 Å². The van der Waals surface area contributed by atoms with Crippen molar-refractivity contribution >= 4 is 116 Å². The highest BCUT2D eigenvalue weighted by atomic mass is 35.5. The molecule has 0 saturated heterocycles. The maximum Gasteiger partial charge on any atom is 0.417 e. The number of ketones is 2. The van der Waals surface area contributed by atoms with Crippen molar-refractivity contribution in [1.82, 2.24) is 0 Å². The van der Waals surface area contributed by atoms with E-state index < -0.39 is 80.8 Å². The first-order chi connectivity index (χ1) is 32.8. The zero-order chi connectivity index (χ0) is 51.8. The number of amides is 4. The number of hydrogen-bond acceptors (Lipinski definition) is 10. The standard InChI is InChI=1S/C46H36Cl4F6N8O6/c1-5-23-15-38(60-44(70)40(22(4)66)64-62-28-10-14-34(48)30(18-28)42(68)58-26-8-12-32(36(50)20-26)46(54,55)56)24(6-2)16-37(23)59-43(69)39(21(3)65)63-61-27-9-13-33(47)29(17-27)41(67)57-25-7-11-31(35(49)19-25)45(51,52)53/h7-20,39-40H,5-6H2,1-4H3,(H,57,67)(H,58,68)(H,59,69)(H,60,70). The highest BCUT2D eigenvalue weighted by Crippen LogP contribution is 2.38. The third-order valence-electron chi connectivity index (χ3n) is 9.90. The van der Waals surface area contributed by atoms with Crippen LogP contribution in [-0.2, 0) is 44.4 Å². The summed E-state index contributed by atoms with van der Waals surface area (Å²) in [4.78, 5) is 78.7. The summed E-state index contributed by atoms with van der Waals surface area (Å²) >= 11 is 24.0. The molecule has 5 aromatic carbocycles. The summed E-state index contributed by atoms with van der Waals surface area (Å²) in [5, 5.41) is 24.5. The van der Waals surface area contributed by atoms with Gasteiger partial charge in [0.15, 0.2) is 11.6 Å². The minimum atomic E-state index is -4.72. The summed E-state index contributed by atoms with van der Waals surface area (Å²) < 4.78 is 78.9. The highest BCUT2D eigenvalue weighted by molar-refractivity contribution is 6.35. The van der Waals surface area contributed by atoms with Gasteiger partial charge >= 0.3 is 12.4 Å². The number of nitrogens with one attached hydrogen (secondary N) is 4. The smallest absolute Gasteiger partial charge is 0.323 e. The van der Waals surface area contributed by atoms with Gasteiger partial charge in [-0.05, 0) is 123 Å². The van der Waals surface area contributed by atoms with Crippen LogP contribution in [0.2, 0.25) is 20.1 Å². The fraction of sp³-hybridized carbons (Fsp3) is 0.217. The third-order valence-corrected chi connectivity index (χ3v) is 11.2. The quantitative estimate of drug-likeness (QED) is 0.0430. The monoisotopic (exact) mass is 1050 g/mol. The van der Waals surface area contributed by atoms with Crippen LogP contribution in [0.3, 0.4) is 0 Å². The maximum absolute atomic E-state index is 13.6. The number of alkyl halides is 6. The molecule has 5 rings (SSSR count). The van der Waals surface area contributed by atoms with Crippen LogP contribution in [0.4, 0.5) is 60.5 Å². The molecule has 14 nitrogen and oxygen atoms in total. The third kappa shape index (κ3) is 13.7. The van der Waals surface area contributed by atoms with Crippen molar-refractivity contribution in [3.63, 3.8) is 0 Å². The second-order valence-electron chi connectivity index (χ2n) is 14.9. The van der Waals surface area contributed by atoms with Gasteiger partial charge < -0.3 is 21.3 Å². The Morgan fingerprint density at radius 2 is 0.857 bits per heavy atom. The molecule has 0 heterocycles. The van der Waals surface area contributed by atoms with E-state index in [0.717, 1.165) is 38.1 Å². The first-order valence-corrected chi connectivity index (χ1v) is 21.9. The fourth-order valence-electron chi connectivity index (χ4n) is 6.34. The van der Waals surface area contributed by atoms with E-state index in [0.29, 0.717) is 23.3 Å². The number of benzene rings is 5. The Morgan fingerprint density at radius 3 is 1.16 bits per heavy atom. The van der Waals surface area contributed by atoms with E-state index in [1.54, 1.807) is 26.0 Å². The Bertz CT molecular complexity index is 2770. The van der Waals surface area contributed by atoms with E-state index in [9.17, 15) is 55.1 Å². The van der Waals surface area contributed by atoms with Crippen LogP contribution in [0, 0.1) is 0 Å². The number of Topliss-reactive ketones (excluding diaryl/α,β-unsaturated/α-hetero) is 2. The Labute approximate surface area is 414 Å². The molecule has 2 atom stereocenters. The molecule has 0 aliphatic rings. The second-order valence-corrected chi connectivity index (χ2v) is 16.6. The lowest BCUT2D eigenvalue weighted by Crippen LogP contribution is -2.33. The van der Waals surface area contributed by atoms with Gasteiger partial charge in [-0.1, -0.05) is 60.3 Å². The molecular weight excluding hydrogens is 1020 g/mol. The van der Waals surface area contributed by atoms with E-state index >= 15 is 0 Å². The van der Waals surface area contributed by atoms with E-state index in [-0.39, 0.29) is 68.1 Å². The molecule has 366 valence electrons. The number of halogens is 10. The van der Waals surface area contributed by atoms with Crippen LogP contribution in [0.25, 0.3) is 0 Å². The molecule has 0 bridgehead atoms. The Kier molecular flexibility index (Phi) is 17.6. The molecule has 70 heavy (non-hydrogen) atoms. The van der Waals surface area contributed by atoms with Crippen molar-refractivity contribution in [3.8, 4) is 0 Å². The number of hydrogen-bond donors (Lipinski definition) is 4. The summed E-state index contributed by atoms with van der Waals surface area (Å²) in [6.07, 6.45) is -8.86. The lowest BCUT2D eigenvalue weighted by atomic mass is 10.0. The van der Waals surface area contributed by atoms with Crippen molar-refractivity contribution in [2.24, 2.45) is 20.5 Å². The minimum absolute atomic E-state index is 0.0173. The molecule has 5 aromatic rings. The largest absolute Gasteiger partial charge is 0.417 e. The van der Waals surface area contributed by atoms with Crippen LogP contribution < -0.4 is 21.3 Å². The number of nitrogens with zero attached hydrogens (tertiary/aromatic N) is 4. The van der Waals surface area contributed by atoms with Crippen LogP contribution in [0.1, 0.15) is 70.7 Å². The van der Waals surface area contributed by atoms with Crippen LogP contribution >= 0.6 is 46.4 Å². The SMILES string of the molecule is CCc1cc(NC(=O)C(N=Nc2ccc(Cl)c(C(=O)Nc3ccc(C(F)(F)F)c(Cl)c3)c2)C(C)=O)c(CC)cc1NC(=O)C(N=Nc1ccc(Cl)c(C(=O)Nc2ccc(C(F)(F)F)c(Cl)c2)c1)C(C)=O. The maximum atomic E-state index is 13.6. The number of carbonyl (C=O) groups is 6. The molecular formula is C46H36Cl4F6N8O6. The lowest BCUT2D eigenvalue weighted by molar-refractivity contribution is -0.138. The van der Waals surface area contributed by atoms with Gasteiger partial charge in [0.2, 0.25) is 12.1 Å². The van der Waals surface area contributed by atoms with Gasteiger partial charge in [-0.15, -0.1) is 0 Å². The first-order valence-electron chi connectivity index (χ1n) is 20.4. The highest BCUT2D eigenvalue weighted by Gasteiger charge is 2.34. The summed E-state index contributed by atoms with van der Waals surface area (Å²) in [7, 11) is 0. The van der Waals surface area contributed by atoms with Gasteiger partial charge in [0.25, 0.3) is 23.6 Å². The van der Waals surface area contributed by atoms with Crippen molar-refractivity contribution in [1.29, 1.82) is 0 Å². The molecule has 0 aromatic heterocycles. The summed E-state index contributed by atoms with van der Waals surface area (Å²) in [5.74, 6) is -4.89. The number of rotatable bonds is 16. The topological polar surface area (TPSA) is 200 Å². The van der Waals surface area contributed by atoms with E-state index in [4.69, 9.17) is 46.4 Å². The van der Waals surface area contributed by atoms with Crippen molar-refractivity contribution in [2.45, 2.75) is 65.0 Å². The van der Waals surface area contributed by atoms with Crippen LogP contribution in [0.5, 0.6) is 0 Å². The van der Waals surface area contributed by atoms with Crippen molar-refractivity contribution < 1.29 is 55.1 Å². The van der Waals surface area contributed by atoms with Crippen molar-refractivity contribution in [3.05, 3.63) is 138 Å². The average molecular weight is 1050 g/mol. The fourth-order valence-corrected chi connectivity index (χ4v) is 7.32. The molecule has 0 fully saturated rings. The zero-order valence-electron chi connectivity index (χ0n) is 36.7. The number of aryl methyl sites for hydroxylation is 2. The lowest BCUT2D eigenvalue weighted by Gasteiger charge is -2.18. The normalized spacial score (nSPS) is 12.7. The Morgan fingerprint density at radius 1 is 0.500 bits per heavy atom. The van der Waals surface area contributed by atoms with Gasteiger partial charge in [-0.3, -0.25) is 28.8 Å². The van der Waals surface area contributed by atoms with E-state index in [2.05, 4.69) is 41.7 Å². The van der Waals surface area contributed by atoms with E-state index in [1.165, 1.54) is 36.4 Å². The predicted octanol–water partition coefficient (Wildman–Crippen LogP) is 13.3. The minimum Gasteiger partial charge on any atom is -0.323 e. The molecule has 4 amide bonds. The molecule has 24 heteroatoms. The van der Waals surface area contributed by atoms with Crippen LogP contribution in [0.15, 0.2) is 105 Å². The summed E-state index contributed by atoms with van der Waals surface area (Å²) in [5.41, 5.74) is -1.24. The number of carbonyl (C=O) groups excluding carboxylic acids is 6. The molecule has 0 spiro atoms. The van der Waals surface area contributed by atoms with Gasteiger partial charge in [0, 0.05) is 22.7 Å². The second kappa shape index (κ2) is 22.8. The summed E-state index contributed by atoms with van der Waals surface area (Å²) in [6, 6.07) is 12.6. The van der Waals surface area contributed by atoms with Crippen molar-refractivity contribution in [2.75, 3.05) is 21.3 Å². The molecule has 0 aliphatic carbocycles. The summed E-state index contributed by atoms with van der Waals surface area (Å²) in [6.45, 7) is 5.70. The molecule has 0 radical (unpaired) electrons. The molecule has 2 unspecified atom stereocenters. The van der Waals surface area contributed by atoms with Gasteiger partial charge in [-0.25, -0.2) is 0 Å². The first kappa shape index (κ1) is 54.2. The number of azo groups is 2. The zero-order valence-corrected chi connectivity index (χ0v) is 39.7. The molecule has 4 N–H and O–H groups in total. The van der Waals surface area contributed by atoms with Crippen LogP contribution in [-0.4, -0.2) is 47.3 Å². The number of anilines is 4. The van der Waals surface area contributed by atoms with Gasteiger partial charge in [0.05, 0.1) is 53.7 Å². The Balaban J connectivity index is 1.29. The molecule has 0 saturated carbocycles. The van der Waals surface area contributed by atoms with Gasteiger partial charge in [-0.2, -0.15) is 46.8 Å². The average Bonchev–Trinajstić information content (AvgIpc) is 3.26. The van der Waals surface area contributed by atoms with Gasteiger partial charge in [0.1, 0.15) is 0 Å². The predicted molar refractivity (Wildman–Crippen MR) is 252 cm³/mol. The Hall–Kier alpha value is -6.74.